The van der Waals surface area contributed by atoms with E-state index in [1.54, 1.807) is 0 Å². The van der Waals surface area contributed by atoms with E-state index in [2.05, 4.69) is 31.3 Å². The fraction of sp³-hybridized carbons (Fsp3) is 0.625. The Bertz CT molecular complexity index is 377. The Kier molecular flexibility index (Phi) is 5.08. The van der Waals surface area contributed by atoms with E-state index in [1.807, 2.05) is 12.1 Å². The van der Waals surface area contributed by atoms with Crippen LogP contribution in [0.15, 0.2) is 24.3 Å². The third kappa shape index (κ3) is 3.27. The van der Waals surface area contributed by atoms with Crippen LogP contribution in [0, 0.1) is 5.92 Å². The summed E-state index contributed by atoms with van der Waals surface area (Å²) >= 11 is 6.27. The van der Waals surface area contributed by atoms with Gasteiger partial charge < -0.3 is 5.32 Å². The van der Waals surface area contributed by atoms with Crippen LogP contribution in [-0.2, 0) is 0 Å². The van der Waals surface area contributed by atoms with Crippen molar-refractivity contribution in [2.24, 2.45) is 5.92 Å². The Labute approximate surface area is 116 Å². The monoisotopic (exact) mass is 265 g/mol. The number of rotatable bonds is 4. The van der Waals surface area contributed by atoms with Crippen LogP contribution in [0.4, 0.5) is 0 Å². The fourth-order valence-electron chi connectivity index (χ4n) is 3.15. The van der Waals surface area contributed by atoms with Crippen molar-refractivity contribution < 1.29 is 0 Å². The molecule has 0 bridgehead atoms. The van der Waals surface area contributed by atoms with E-state index in [4.69, 9.17) is 11.6 Å². The van der Waals surface area contributed by atoms with E-state index in [9.17, 15) is 0 Å². The molecule has 0 aliphatic heterocycles. The summed E-state index contributed by atoms with van der Waals surface area (Å²) in [4.78, 5) is 0. The summed E-state index contributed by atoms with van der Waals surface area (Å²) in [6, 6.07) is 9.17. The maximum absolute atomic E-state index is 6.27. The van der Waals surface area contributed by atoms with Crippen LogP contribution in [0.1, 0.15) is 57.6 Å². The van der Waals surface area contributed by atoms with Gasteiger partial charge in [0.05, 0.1) is 0 Å². The van der Waals surface area contributed by atoms with Gasteiger partial charge in [-0.25, -0.2) is 0 Å². The Morgan fingerprint density at radius 1 is 1.28 bits per heavy atom. The minimum atomic E-state index is 0.343. The zero-order chi connectivity index (χ0) is 13.0. The summed E-state index contributed by atoms with van der Waals surface area (Å²) in [5, 5.41) is 4.67. The average molecular weight is 266 g/mol. The first kappa shape index (κ1) is 13.9. The molecule has 1 aromatic rings. The lowest BCUT2D eigenvalue weighted by Crippen LogP contribution is -2.39. The Morgan fingerprint density at radius 2 is 2.00 bits per heavy atom. The van der Waals surface area contributed by atoms with Gasteiger partial charge in [-0.15, -0.1) is 0 Å². The molecule has 0 heterocycles. The predicted octanol–water partition coefficient (Wildman–Crippen LogP) is 4.96. The molecule has 0 aromatic heterocycles. The highest BCUT2D eigenvalue weighted by atomic mass is 35.5. The number of hydrogen-bond acceptors (Lipinski definition) is 1. The van der Waals surface area contributed by atoms with Crippen molar-refractivity contribution in [3.05, 3.63) is 34.9 Å². The molecule has 1 saturated carbocycles. The van der Waals surface area contributed by atoms with Gasteiger partial charge in [0.2, 0.25) is 0 Å². The lowest BCUT2D eigenvalue weighted by molar-refractivity contribution is 0.241. The molecule has 18 heavy (non-hydrogen) atoms. The van der Waals surface area contributed by atoms with Crippen molar-refractivity contribution in [1.29, 1.82) is 0 Å². The highest BCUT2D eigenvalue weighted by Gasteiger charge is 2.25. The third-order valence-corrected chi connectivity index (χ3v) is 4.61. The predicted molar refractivity (Wildman–Crippen MR) is 79.0 cm³/mol. The first-order valence-electron chi connectivity index (χ1n) is 7.22. The van der Waals surface area contributed by atoms with E-state index in [0.29, 0.717) is 12.1 Å². The molecule has 2 heteroatoms. The van der Waals surface area contributed by atoms with Gasteiger partial charge in [0, 0.05) is 17.1 Å². The molecule has 0 radical (unpaired) electrons. The molecule has 1 fully saturated rings. The van der Waals surface area contributed by atoms with Gasteiger partial charge in [-0.3, -0.25) is 0 Å². The van der Waals surface area contributed by atoms with Crippen molar-refractivity contribution in [1.82, 2.24) is 5.32 Å². The summed E-state index contributed by atoms with van der Waals surface area (Å²) in [6.07, 6.45) is 6.74. The van der Waals surface area contributed by atoms with Crippen LogP contribution in [0.25, 0.3) is 0 Å². The SMILES string of the molecule is CCC1CCCCC1N[C@@H](C)c1ccccc1Cl. The van der Waals surface area contributed by atoms with Gasteiger partial charge in [0.25, 0.3) is 0 Å². The van der Waals surface area contributed by atoms with Gasteiger partial charge in [-0.1, -0.05) is 56.0 Å². The molecule has 100 valence electrons. The zero-order valence-electron chi connectivity index (χ0n) is 11.5. The third-order valence-electron chi connectivity index (χ3n) is 4.27. The molecule has 2 unspecified atom stereocenters. The Balaban J connectivity index is 2.02. The first-order valence-corrected chi connectivity index (χ1v) is 7.60. The van der Waals surface area contributed by atoms with Gasteiger partial charge in [0.15, 0.2) is 0 Å². The smallest absolute Gasteiger partial charge is 0.0453 e. The summed E-state index contributed by atoms with van der Waals surface area (Å²) in [5.41, 5.74) is 1.22. The molecule has 1 nitrogen and oxygen atoms in total. The second kappa shape index (κ2) is 6.58. The molecular weight excluding hydrogens is 242 g/mol. The molecule has 1 N–H and O–H groups in total. The van der Waals surface area contributed by atoms with E-state index in [-0.39, 0.29) is 0 Å². The van der Waals surface area contributed by atoms with Gasteiger partial charge in [-0.2, -0.15) is 0 Å². The summed E-state index contributed by atoms with van der Waals surface area (Å²) < 4.78 is 0. The van der Waals surface area contributed by atoms with E-state index in [0.717, 1.165) is 10.9 Å². The fourth-order valence-corrected chi connectivity index (χ4v) is 3.45. The van der Waals surface area contributed by atoms with E-state index < -0.39 is 0 Å². The van der Waals surface area contributed by atoms with Crippen molar-refractivity contribution in [2.75, 3.05) is 0 Å². The Morgan fingerprint density at radius 3 is 2.72 bits per heavy atom. The van der Waals surface area contributed by atoms with Crippen molar-refractivity contribution in [3.8, 4) is 0 Å². The Hall–Kier alpha value is -0.530. The second-order valence-corrected chi connectivity index (χ2v) is 5.88. The maximum atomic E-state index is 6.27. The highest BCUT2D eigenvalue weighted by molar-refractivity contribution is 6.31. The molecule has 1 aliphatic carbocycles. The number of nitrogens with one attached hydrogen (secondary N) is 1. The average Bonchev–Trinajstić information content (AvgIpc) is 2.39. The quantitative estimate of drug-likeness (QED) is 0.811. The van der Waals surface area contributed by atoms with E-state index >= 15 is 0 Å². The van der Waals surface area contributed by atoms with Crippen LogP contribution >= 0.6 is 11.6 Å². The minimum absolute atomic E-state index is 0.343. The van der Waals surface area contributed by atoms with Crippen LogP contribution in [0.5, 0.6) is 0 Å². The maximum Gasteiger partial charge on any atom is 0.0453 e. The number of benzene rings is 1. The number of halogens is 1. The van der Waals surface area contributed by atoms with Crippen molar-refractivity contribution in [2.45, 2.75) is 58.0 Å². The van der Waals surface area contributed by atoms with Gasteiger partial charge >= 0.3 is 0 Å². The van der Waals surface area contributed by atoms with E-state index in [1.165, 1.54) is 37.7 Å². The molecule has 0 saturated heterocycles. The largest absolute Gasteiger partial charge is 0.307 e. The molecule has 3 atom stereocenters. The van der Waals surface area contributed by atoms with Crippen LogP contribution < -0.4 is 5.32 Å². The molecule has 1 aromatic carbocycles. The molecule has 2 rings (SSSR count). The molecule has 1 aliphatic rings. The normalized spacial score (nSPS) is 25.9. The number of hydrogen-bond donors (Lipinski definition) is 1. The van der Waals surface area contributed by atoms with Gasteiger partial charge in [-0.05, 0) is 37.3 Å². The van der Waals surface area contributed by atoms with Crippen molar-refractivity contribution in [3.63, 3.8) is 0 Å². The second-order valence-electron chi connectivity index (χ2n) is 5.47. The lowest BCUT2D eigenvalue weighted by Gasteiger charge is -2.34. The van der Waals surface area contributed by atoms with Gasteiger partial charge in [0.1, 0.15) is 0 Å². The van der Waals surface area contributed by atoms with Crippen molar-refractivity contribution >= 4 is 11.6 Å². The summed E-state index contributed by atoms with van der Waals surface area (Å²) in [6.45, 7) is 4.54. The lowest BCUT2D eigenvalue weighted by atomic mass is 9.82. The minimum Gasteiger partial charge on any atom is -0.307 e. The summed E-state index contributed by atoms with van der Waals surface area (Å²) in [7, 11) is 0. The van der Waals surface area contributed by atoms with Crippen LogP contribution in [-0.4, -0.2) is 6.04 Å². The first-order chi connectivity index (χ1) is 8.72. The molecule has 0 amide bonds. The molecule has 0 spiro atoms. The zero-order valence-corrected chi connectivity index (χ0v) is 12.2. The highest BCUT2D eigenvalue weighted by Crippen LogP contribution is 2.30. The van der Waals surface area contributed by atoms with Crippen LogP contribution in [0.3, 0.4) is 0 Å². The topological polar surface area (TPSA) is 12.0 Å². The summed E-state index contributed by atoms with van der Waals surface area (Å²) in [5.74, 6) is 0.837. The standard InChI is InChI=1S/C16H24ClN/c1-3-13-8-4-7-11-16(13)18-12(2)14-9-5-6-10-15(14)17/h5-6,9-10,12-13,16,18H,3-4,7-8,11H2,1-2H3/t12-,13?,16?/m0/s1. The molecular formula is C16H24ClN. The van der Waals surface area contributed by atoms with Crippen LogP contribution in [0.2, 0.25) is 5.02 Å².